The van der Waals surface area contributed by atoms with Gasteiger partial charge in [-0.3, -0.25) is 9.59 Å². The van der Waals surface area contributed by atoms with Crippen LogP contribution in [0.4, 0.5) is 8.78 Å². The molecule has 1 fully saturated rings. The molecule has 7 heteroatoms. The van der Waals surface area contributed by atoms with E-state index in [1.165, 1.54) is 4.90 Å². The van der Waals surface area contributed by atoms with Crippen molar-refractivity contribution >= 4 is 11.9 Å². The number of esters is 1. The van der Waals surface area contributed by atoms with E-state index < -0.39 is 23.5 Å². The molecule has 0 unspecified atom stereocenters. The quantitative estimate of drug-likeness (QED) is 0.373. The minimum atomic E-state index is -2.58. The number of halogens is 2. The molecule has 0 bridgehead atoms. The molecule has 0 spiro atoms. The summed E-state index contributed by atoms with van der Waals surface area (Å²) in [6.45, 7) is 9.40. The molecule has 1 amide bonds. The number of nitrogens with one attached hydrogen (secondary N) is 1. The Labute approximate surface area is 161 Å². The maximum Gasteiger partial charge on any atom is 0.326 e. The van der Waals surface area contributed by atoms with Crippen molar-refractivity contribution < 1.29 is 23.1 Å². The molecule has 0 heterocycles. The Kier molecular flexibility index (Phi) is 8.85. The third-order valence-corrected chi connectivity index (χ3v) is 4.61. The van der Waals surface area contributed by atoms with Crippen LogP contribution in [0.2, 0.25) is 0 Å². The fraction of sp³-hybridized carbons (Fsp3) is 0.800. The van der Waals surface area contributed by atoms with E-state index in [9.17, 15) is 18.4 Å². The topological polar surface area (TPSA) is 58.6 Å². The van der Waals surface area contributed by atoms with Crippen molar-refractivity contribution in [2.75, 3.05) is 20.1 Å². The van der Waals surface area contributed by atoms with Crippen molar-refractivity contribution in [2.24, 2.45) is 5.92 Å². The lowest BCUT2D eigenvalue weighted by molar-refractivity contribution is -0.158. The van der Waals surface area contributed by atoms with E-state index in [0.717, 1.165) is 0 Å². The molecular formula is C20H34F2N2O3. The van der Waals surface area contributed by atoms with Gasteiger partial charge in [-0.2, -0.15) is 0 Å². The Morgan fingerprint density at radius 3 is 2.44 bits per heavy atom. The number of rotatable bonds is 9. The summed E-state index contributed by atoms with van der Waals surface area (Å²) in [6.07, 6.45) is 3.51. The van der Waals surface area contributed by atoms with Gasteiger partial charge in [0.2, 0.25) is 11.8 Å². The maximum absolute atomic E-state index is 13.4. The molecule has 156 valence electrons. The second kappa shape index (κ2) is 10.2. The zero-order valence-electron chi connectivity index (χ0n) is 17.0. The van der Waals surface area contributed by atoms with Gasteiger partial charge >= 0.3 is 5.97 Å². The molecule has 0 aromatic heterocycles. The van der Waals surface area contributed by atoms with Crippen molar-refractivity contribution in [3.05, 3.63) is 12.7 Å². The highest BCUT2D eigenvalue weighted by atomic mass is 19.3. The fourth-order valence-corrected chi connectivity index (χ4v) is 3.21. The van der Waals surface area contributed by atoms with Crippen LogP contribution in [0.5, 0.6) is 0 Å². The van der Waals surface area contributed by atoms with Crippen molar-refractivity contribution in [2.45, 2.75) is 76.9 Å². The van der Waals surface area contributed by atoms with Gasteiger partial charge in [-0.05, 0) is 58.9 Å². The lowest BCUT2D eigenvalue weighted by Gasteiger charge is -2.32. The van der Waals surface area contributed by atoms with Gasteiger partial charge in [0.15, 0.2) is 0 Å². The molecule has 0 aliphatic heterocycles. The van der Waals surface area contributed by atoms with Crippen LogP contribution in [0.3, 0.4) is 0 Å². The Balaban J connectivity index is 2.66. The van der Waals surface area contributed by atoms with Crippen LogP contribution in [0.25, 0.3) is 0 Å². The number of ether oxygens (including phenoxy) is 1. The van der Waals surface area contributed by atoms with E-state index in [1.807, 2.05) is 0 Å². The molecule has 0 aromatic carbocycles. The summed E-state index contributed by atoms with van der Waals surface area (Å²) in [4.78, 5) is 26.2. The number of hydrogen-bond acceptors (Lipinski definition) is 4. The van der Waals surface area contributed by atoms with Gasteiger partial charge in [0.1, 0.15) is 12.1 Å². The second-order valence-corrected chi connectivity index (χ2v) is 8.40. The molecule has 1 aliphatic rings. The summed E-state index contributed by atoms with van der Waals surface area (Å²) < 4.78 is 32.0. The van der Waals surface area contributed by atoms with Gasteiger partial charge in [0.25, 0.3) is 0 Å². The molecule has 0 saturated heterocycles. The molecule has 5 nitrogen and oxygen atoms in total. The second-order valence-electron chi connectivity index (χ2n) is 8.40. The Morgan fingerprint density at radius 2 is 1.93 bits per heavy atom. The number of likely N-dealkylation sites (N-methyl/N-ethyl adjacent to an activating group) is 1. The molecular weight excluding hydrogens is 354 g/mol. The van der Waals surface area contributed by atoms with Gasteiger partial charge < -0.3 is 15.0 Å². The van der Waals surface area contributed by atoms with Crippen molar-refractivity contribution in [3.63, 3.8) is 0 Å². The van der Waals surface area contributed by atoms with Crippen molar-refractivity contribution in [1.82, 2.24) is 10.2 Å². The van der Waals surface area contributed by atoms with Crippen molar-refractivity contribution in [1.29, 1.82) is 0 Å². The monoisotopic (exact) mass is 388 g/mol. The van der Waals surface area contributed by atoms with E-state index in [-0.39, 0.29) is 31.2 Å². The van der Waals surface area contributed by atoms with E-state index in [2.05, 4.69) is 11.9 Å². The number of nitrogens with zero attached hydrogens (tertiary/aromatic N) is 1. The maximum atomic E-state index is 13.4. The van der Waals surface area contributed by atoms with Gasteiger partial charge in [0.05, 0.1) is 6.04 Å². The number of hydrogen-bond donors (Lipinski definition) is 1. The van der Waals surface area contributed by atoms with E-state index in [4.69, 9.17) is 4.74 Å². The third kappa shape index (κ3) is 9.31. The predicted octanol–water partition coefficient (Wildman–Crippen LogP) is 3.54. The average Bonchev–Trinajstić information content (AvgIpc) is 2.53. The Hall–Kier alpha value is -1.50. The number of amides is 1. The van der Waals surface area contributed by atoms with Crippen LogP contribution in [0, 0.1) is 5.92 Å². The number of carbonyl (C=O) groups is 2. The van der Waals surface area contributed by atoms with Gasteiger partial charge in [-0.25, -0.2) is 8.78 Å². The zero-order chi connectivity index (χ0) is 20.7. The van der Waals surface area contributed by atoms with E-state index in [1.54, 1.807) is 33.9 Å². The normalized spacial score (nSPS) is 18.6. The molecule has 0 radical (unpaired) electrons. The summed E-state index contributed by atoms with van der Waals surface area (Å²) >= 11 is 0. The summed E-state index contributed by atoms with van der Waals surface area (Å²) in [5, 5.41) is 3.19. The lowest BCUT2D eigenvalue weighted by Crippen LogP contribution is -2.48. The van der Waals surface area contributed by atoms with Crippen LogP contribution in [-0.4, -0.2) is 54.5 Å². The lowest BCUT2D eigenvalue weighted by atomic mass is 9.82. The third-order valence-electron chi connectivity index (χ3n) is 4.61. The van der Waals surface area contributed by atoms with E-state index >= 15 is 0 Å². The SMILES string of the molecule is C=CCCN[C@@H](CC1CCC(F)(F)CC1)C(=O)N(C)CC(=O)OC(C)(C)C. The Morgan fingerprint density at radius 1 is 1.33 bits per heavy atom. The van der Waals surface area contributed by atoms with Crippen LogP contribution in [-0.2, 0) is 14.3 Å². The van der Waals surface area contributed by atoms with Gasteiger partial charge in [0, 0.05) is 19.9 Å². The van der Waals surface area contributed by atoms with Gasteiger partial charge in [-0.1, -0.05) is 6.08 Å². The first-order valence-electron chi connectivity index (χ1n) is 9.62. The van der Waals surface area contributed by atoms with Crippen LogP contribution < -0.4 is 5.32 Å². The number of carbonyl (C=O) groups excluding carboxylic acids is 2. The smallest absolute Gasteiger partial charge is 0.326 e. The first-order chi connectivity index (χ1) is 12.4. The minimum absolute atomic E-state index is 0.0738. The molecule has 1 aliphatic carbocycles. The fourth-order valence-electron chi connectivity index (χ4n) is 3.21. The van der Waals surface area contributed by atoms with Crippen LogP contribution >= 0.6 is 0 Å². The first-order valence-corrected chi connectivity index (χ1v) is 9.62. The molecule has 1 rings (SSSR count). The minimum Gasteiger partial charge on any atom is -0.459 e. The average molecular weight is 388 g/mol. The zero-order valence-corrected chi connectivity index (χ0v) is 17.0. The van der Waals surface area contributed by atoms with Crippen LogP contribution in [0.15, 0.2) is 12.7 Å². The summed E-state index contributed by atoms with van der Waals surface area (Å²) in [6, 6.07) is -0.505. The first kappa shape index (κ1) is 23.5. The highest BCUT2D eigenvalue weighted by Gasteiger charge is 2.36. The summed E-state index contributed by atoms with van der Waals surface area (Å²) in [7, 11) is 1.56. The van der Waals surface area contributed by atoms with Crippen LogP contribution in [0.1, 0.15) is 59.3 Å². The molecule has 1 atom stereocenters. The molecule has 1 saturated carbocycles. The summed E-state index contributed by atoms with van der Waals surface area (Å²) in [5.41, 5.74) is -0.615. The molecule has 0 aromatic rings. The van der Waals surface area contributed by atoms with Gasteiger partial charge in [-0.15, -0.1) is 6.58 Å². The predicted molar refractivity (Wildman–Crippen MR) is 102 cm³/mol. The highest BCUT2D eigenvalue weighted by molar-refractivity contribution is 5.85. The highest BCUT2D eigenvalue weighted by Crippen LogP contribution is 2.37. The van der Waals surface area contributed by atoms with E-state index in [0.29, 0.717) is 32.2 Å². The standard InChI is InChI=1S/C20H34F2N2O3/c1-6-7-12-23-16(13-15-8-10-20(21,22)11-9-15)18(26)24(5)14-17(25)27-19(2,3)4/h6,15-16,23H,1,7-14H2,2-5H3/t16-/m0/s1. The molecule has 27 heavy (non-hydrogen) atoms. The summed E-state index contributed by atoms with van der Waals surface area (Å²) in [5.74, 6) is -3.20. The van der Waals surface area contributed by atoms with Crippen molar-refractivity contribution in [3.8, 4) is 0 Å². The molecule has 1 N–H and O–H groups in total. The largest absolute Gasteiger partial charge is 0.459 e. The Bertz CT molecular complexity index is 508. The number of alkyl halides is 2.